The van der Waals surface area contributed by atoms with Crippen LogP contribution in [-0.2, 0) is 11.2 Å². The lowest BCUT2D eigenvalue weighted by Crippen LogP contribution is -2.37. The first-order valence-electron chi connectivity index (χ1n) is 9.66. The molecule has 1 heterocycles. The summed E-state index contributed by atoms with van der Waals surface area (Å²) in [5.74, 6) is 1.05. The highest BCUT2D eigenvalue weighted by Crippen LogP contribution is 2.35. The van der Waals surface area contributed by atoms with Crippen molar-refractivity contribution in [3.05, 3.63) is 52.1 Å². The predicted molar refractivity (Wildman–Crippen MR) is 111 cm³/mol. The molecule has 0 radical (unpaired) electrons. The quantitative estimate of drug-likeness (QED) is 0.536. The molecule has 154 valence electrons. The summed E-state index contributed by atoms with van der Waals surface area (Å²) in [7, 11) is 0. The number of carbonyl (C=O) groups excluding carboxylic acids is 1. The lowest BCUT2D eigenvalue weighted by Gasteiger charge is -2.24. The van der Waals surface area contributed by atoms with Crippen LogP contribution in [0.2, 0.25) is 0 Å². The summed E-state index contributed by atoms with van der Waals surface area (Å²) in [5.41, 5.74) is 2.44. The molecule has 1 amide bonds. The summed E-state index contributed by atoms with van der Waals surface area (Å²) >= 11 is 0. The molecule has 1 unspecified atom stereocenters. The molecular formula is C21H25N3O5. The van der Waals surface area contributed by atoms with Gasteiger partial charge in [-0.1, -0.05) is 0 Å². The fraction of sp³-hybridized carbons (Fsp3) is 0.381. The number of nitrogens with one attached hydrogen (secondary N) is 1. The highest BCUT2D eigenvalue weighted by atomic mass is 16.6. The molecular weight excluding hydrogens is 374 g/mol. The molecule has 29 heavy (non-hydrogen) atoms. The van der Waals surface area contributed by atoms with Crippen molar-refractivity contribution in [1.82, 2.24) is 0 Å². The van der Waals surface area contributed by atoms with E-state index in [2.05, 4.69) is 5.32 Å². The van der Waals surface area contributed by atoms with Crippen LogP contribution in [0.1, 0.15) is 26.3 Å². The number of non-ortho nitro benzene ring substituents is 1. The Morgan fingerprint density at radius 3 is 2.59 bits per heavy atom. The molecule has 1 aliphatic rings. The Morgan fingerprint density at radius 1 is 1.17 bits per heavy atom. The Bertz CT molecular complexity index is 915. The van der Waals surface area contributed by atoms with E-state index in [1.807, 2.05) is 25.7 Å². The Kier molecular flexibility index (Phi) is 6.21. The highest BCUT2D eigenvalue weighted by Gasteiger charge is 2.29. The van der Waals surface area contributed by atoms with Crippen molar-refractivity contribution in [3.63, 3.8) is 0 Å². The van der Waals surface area contributed by atoms with E-state index in [0.29, 0.717) is 36.8 Å². The van der Waals surface area contributed by atoms with Crippen molar-refractivity contribution in [2.24, 2.45) is 0 Å². The first-order chi connectivity index (χ1) is 13.9. The summed E-state index contributed by atoms with van der Waals surface area (Å²) in [5, 5.41) is 13.9. The van der Waals surface area contributed by atoms with Gasteiger partial charge in [0.25, 0.3) is 5.69 Å². The molecule has 0 aromatic heterocycles. The lowest BCUT2D eigenvalue weighted by molar-refractivity contribution is -0.384. The number of fused-ring (bicyclic) bond motifs is 1. The van der Waals surface area contributed by atoms with Crippen molar-refractivity contribution >= 4 is 23.0 Å². The summed E-state index contributed by atoms with van der Waals surface area (Å²) in [6.45, 7) is 6.96. The van der Waals surface area contributed by atoms with Crippen molar-refractivity contribution in [1.29, 1.82) is 0 Å². The number of amides is 1. The van der Waals surface area contributed by atoms with E-state index >= 15 is 0 Å². The normalized spacial score (nSPS) is 15.0. The van der Waals surface area contributed by atoms with E-state index in [4.69, 9.17) is 9.47 Å². The zero-order chi connectivity index (χ0) is 21.0. The number of hydrogen-bond donors (Lipinski definition) is 1. The second kappa shape index (κ2) is 8.81. The van der Waals surface area contributed by atoms with Crippen molar-refractivity contribution < 1.29 is 19.2 Å². The Hall–Kier alpha value is -3.29. The Labute approximate surface area is 169 Å². The van der Waals surface area contributed by atoms with Crippen LogP contribution in [-0.4, -0.2) is 36.6 Å². The van der Waals surface area contributed by atoms with Crippen molar-refractivity contribution in [3.8, 4) is 11.5 Å². The van der Waals surface area contributed by atoms with E-state index in [-0.39, 0.29) is 24.2 Å². The fourth-order valence-corrected chi connectivity index (χ4v) is 3.52. The Balaban J connectivity index is 1.71. The minimum atomic E-state index is -0.401. The molecule has 1 aliphatic heterocycles. The number of hydrogen-bond acceptors (Lipinski definition) is 6. The molecule has 2 aromatic rings. The fourth-order valence-electron chi connectivity index (χ4n) is 3.52. The van der Waals surface area contributed by atoms with Crippen LogP contribution >= 0.6 is 0 Å². The molecule has 0 aliphatic carbocycles. The minimum Gasteiger partial charge on any atom is -0.490 e. The first-order valence-corrected chi connectivity index (χ1v) is 9.66. The number of ether oxygens (including phenoxy) is 2. The molecule has 0 saturated heterocycles. The number of nitro benzene ring substituents is 1. The Morgan fingerprint density at radius 2 is 1.90 bits per heavy atom. The molecule has 8 heteroatoms. The van der Waals surface area contributed by atoms with Gasteiger partial charge in [0.15, 0.2) is 11.5 Å². The van der Waals surface area contributed by atoms with Crippen LogP contribution < -0.4 is 19.7 Å². The van der Waals surface area contributed by atoms with E-state index in [0.717, 1.165) is 11.3 Å². The summed E-state index contributed by atoms with van der Waals surface area (Å²) in [4.78, 5) is 25.2. The molecule has 0 spiro atoms. The molecule has 2 aromatic carbocycles. The van der Waals surface area contributed by atoms with Gasteiger partial charge in [-0.3, -0.25) is 14.9 Å². The largest absolute Gasteiger partial charge is 0.490 e. The van der Waals surface area contributed by atoms with Gasteiger partial charge < -0.3 is 19.7 Å². The van der Waals surface area contributed by atoms with Gasteiger partial charge in [0.2, 0.25) is 5.91 Å². The SMILES string of the molecule is CCOc1ccc(NC(=O)CN2c3ccc([N+](=O)[O-])cc3CC2C)cc1OCC. The number of benzene rings is 2. The van der Waals surface area contributed by atoms with Crippen LogP contribution in [0.4, 0.5) is 17.1 Å². The molecule has 8 nitrogen and oxygen atoms in total. The second-order valence-corrected chi connectivity index (χ2v) is 6.83. The average Bonchev–Trinajstić information content (AvgIpc) is 2.98. The van der Waals surface area contributed by atoms with Gasteiger partial charge in [-0.2, -0.15) is 0 Å². The van der Waals surface area contributed by atoms with Crippen LogP contribution in [0.3, 0.4) is 0 Å². The standard InChI is InChI=1S/C21H25N3O5/c1-4-28-19-9-6-16(12-20(19)29-5-2)22-21(25)13-23-14(3)10-15-11-17(24(26)27)7-8-18(15)23/h6-9,11-12,14H,4-5,10,13H2,1-3H3,(H,22,25). The van der Waals surface area contributed by atoms with E-state index in [1.165, 1.54) is 6.07 Å². The highest BCUT2D eigenvalue weighted by molar-refractivity contribution is 5.95. The zero-order valence-electron chi connectivity index (χ0n) is 16.8. The van der Waals surface area contributed by atoms with E-state index in [1.54, 1.807) is 30.3 Å². The van der Waals surface area contributed by atoms with Crippen molar-refractivity contribution in [2.45, 2.75) is 33.2 Å². The molecule has 0 fully saturated rings. The third-order valence-corrected chi connectivity index (χ3v) is 4.77. The van der Waals surface area contributed by atoms with Gasteiger partial charge in [0.05, 0.1) is 24.7 Å². The third-order valence-electron chi connectivity index (χ3n) is 4.77. The van der Waals surface area contributed by atoms with Crippen molar-refractivity contribution in [2.75, 3.05) is 30.0 Å². The maximum Gasteiger partial charge on any atom is 0.269 e. The molecule has 0 bridgehead atoms. The van der Waals surface area contributed by atoms with Crippen LogP contribution in [0, 0.1) is 10.1 Å². The topological polar surface area (TPSA) is 93.9 Å². The number of nitro groups is 1. The minimum absolute atomic E-state index is 0.0695. The third kappa shape index (κ3) is 4.59. The smallest absolute Gasteiger partial charge is 0.269 e. The number of rotatable bonds is 8. The zero-order valence-corrected chi connectivity index (χ0v) is 16.8. The molecule has 0 saturated carbocycles. The lowest BCUT2D eigenvalue weighted by atomic mass is 10.1. The van der Waals surface area contributed by atoms with Crippen LogP contribution in [0.25, 0.3) is 0 Å². The van der Waals surface area contributed by atoms with Crippen LogP contribution in [0.5, 0.6) is 11.5 Å². The van der Waals surface area contributed by atoms with Crippen LogP contribution in [0.15, 0.2) is 36.4 Å². The van der Waals surface area contributed by atoms with Gasteiger partial charge in [-0.25, -0.2) is 0 Å². The summed E-state index contributed by atoms with van der Waals surface area (Å²) in [6, 6.07) is 10.2. The maximum atomic E-state index is 12.6. The first kappa shape index (κ1) is 20.4. The average molecular weight is 399 g/mol. The van der Waals surface area contributed by atoms with Gasteiger partial charge in [0.1, 0.15) is 0 Å². The van der Waals surface area contributed by atoms with Gasteiger partial charge in [-0.05, 0) is 51.0 Å². The number of carbonyl (C=O) groups is 1. The van der Waals surface area contributed by atoms with Gasteiger partial charge >= 0.3 is 0 Å². The molecule has 1 N–H and O–H groups in total. The number of nitrogens with zero attached hydrogens (tertiary/aromatic N) is 2. The predicted octanol–water partition coefficient (Wildman–Crippen LogP) is 3.78. The molecule has 3 rings (SSSR count). The van der Waals surface area contributed by atoms with E-state index < -0.39 is 4.92 Å². The van der Waals surface area contributed by atoms with Gasteiger partial charge in [0, 0.05) is 35.6 Å². The number of anilines is 2. The monoisotopic (exact) mass is 399 g/mol. The van der Waals surface area contributed by atoms with Gasteiger partial charge in [-0.15, -0.1) is 0 Å². The van der Waals surface area contributed by atoms with E-state index in [9.17, 15) is 14.9 Å². The maximum absolute atomic E-state index is 12.6. The summed E-state index contributed by atoms with van der Waals surface area (Å²) < 4.78 is 11.1. The second-order valence-electron chi connectivity index (χ2n) is 6.83. The molecule has 1 atom stereocenters. The summed E-state index contributed by atoms with van der Waals surface area (Å²) in [6.07, 6.45) is 0.668.